The maximum absolute atomic E-state index is 5.67. The van der Waals surface area contributed by atoms with Crippen molar-refractivity contribution in [1.29, 1.82) is 0 Å². The Morgan fingerprint density at radius 2 is 2.08 bits per heavy atom. The Morgan fingerprint density at radius 3 is 2.62 bits per heavy atom. The lowest BCUT2D eigenvalue weighted by Crippen LogP contribution is -2.32. The summed E-state index contributed by atoms with van der Waals surface area (Å²) >= 11 is 0. The van der Waals surface area contributed by atoms with Crippen LogP contribution in [0.15, 0.2) is 0 Å². The summed E-state index contributed by atoms with van der Waals surface area (Å²) in [6.07, 6.45) is 7.29. The Balaban J connectivity index is 1.81. The predicted molar refractivity (Wildman–Crippen MR) is 53.8 cm³/mol. The van der Waals surface area contributed by atoms with Crippen molar-refractivity contribution in [1.82, 2.24) is 5.32 Å². The van der Waals surface area contributed by atoms with Crippen LogP contribution in [0.1, 0.15) is 39.0 Å². The zero-order valence-corrected chi connectivity index (χ0v) is 8.64. The average Bonchev–Trinajstić information content (AvgIpc) is 2.59. The van der Waals surface area contributed by atoms with Crippen LogP contribution >= 0.6 is 0 Å². The molecule has 0 amide bonds. The molecule has 2 fully saturated rings. The lowest BCUT2D eigenvalue weighted by molar-refractivity contribution is 0.00723. The van der Waals surface area contributed by atoms with Gasteiger partial charge in [-0.3, -0.25) is 0 Å². The number of rotatable bonds is 2. The molecule has 2 nitrogen and oxygen atoms in total. The highest BCUT2D eigenvalue weighted by Crippen LogP contribution is 2.41. The molecule has 0 atom stereocenters. The van der Waals surface area contributed by atoms with Crippen LogP contribution in [0.2, 0.25) is 0 Å². The molecule has 0 aromatic rings. The third-order valence-corrected chi connectivity index (χ3v) is 3.73. The highest BCUT2D eigenvalue weighted by molar-refractivity contribution is 4.92. The molecule has 1 aliphatic heterocycles. The van der Waals surface area contributed by atoms with E-state index in [1.54, 1.807) is 0 Å². The van der Waals surface area contributed by atoms with E-state index in [0.29, 0.717) is 11.5 Å². The summed E-state index contributed by atoms with van der Waals surface area (Å²) in [5.41, 5.74) is 0.660. The van der Waals surface area contributed by atoms with E-state index in [1.807, 2.05) is 0 Å². The Labute approximate surface area is 81.0 Å². The SMILES string of the molecule is CCOC1CCC2(CCNC2)CC1. The average molecular weight is 183 g/mol. The van der Waals surface area contributed by atoms with E-state index < -0.39 is 0 Å². The molecule has 76 valence electrons. The molecule has 1 N–H and O–H groups in total. The highest BCUT2D eigenvalue weighted by Gasteiger charge is 2.37. The minimum absolute atomic E-state index is 0.566. The fraction of sp³-hybridized carbons (Fsp3) is 1.00. The molecule has 2 rings (SSSR count). The van der Waals surface area contributed by atoms with Crippen LogP contribution < -0.4 is 5.32 Å². The number of hydrogen-bond acceptors (Lipinski definition) is 2. The van der Waals surface area contributed by atoms with Crippen molar-refractivity contribution >= 4 is 0 Å². The highest BCUT2D eigenvalue weighted by atomic mass is 16.5. The quantitative estimate of drug-likeness (QED) is 0.706. The third kappa shape index (κ3) is 2.05. The smallest absolute Gasteiger partial charge is 0.0575 e. The van der Waals surface area contributed by atoms with Gasteiger partial charge in [0.1, 0.15) is 0 Å². The number of ether oxygens (including phenoxy) is 1. The second kappa shape index (κ2) is 3.97. The first-order chi connectivity index (χ1) is 6.35. The summed E-state index contributed by atoms with van der Waals surface area (Å²) in [6, 6.07) is 0. The van der Waals surface area contributed by atoms with Gasteiger partial charge in [-0.15, -0.1) is 0 Å². The minimum Gasteiger partial charge on any atom is -0.379 e. The topological polar surface area (TPSA) is 21.3 Å². The molecular weight excluding hydrogens is 162 g/mol. The van der Waals surface area contributed by atoms with Crippen molar-refractivity contribution in [3.63, 3.8) is 0 Å². The largest absolute Gasteiger partial charge is 0.379 e. The van der Waals surface area contributed by atoms with E-state index in [1.165, 1.54) is 45.2 Å². The van der Waals surface area contributed by atoms with E-state index in [2.05, 4.69) is 12.2 Å². The van der Waals surface area contributed by atoms with Crippen LogP contribution in [-0.4, -0.2) is 25.8 Å². The monoisotopic (exact) mass is 183 g/mol. The van der Waals surface area contributed by atoms with E-state index in [0.717, 1.165) is 6.61 Å². The summed E-state index contributed by atoms with van der Waals surface area (Å²) < 4.78 is 5.67. The lowest BCUT2D eigenvalue weighted by atomic mass is 9.73. The molecule has 0 unspecified atom stereocenters. The van der Waals surface area contributed by atoms with E-state index in [9.17, 15) is 0 Å². The molecule has 1 saturated heterocycles. The molecule has 1 spiro atoms. The van der Waals surface area contributed by atoms with Crippen LogP contribution in [0, 0.1) is 5.41 Å². The van der Waals surface area contributed by atoms with Crippen molar-refractivity contribution in [3.05, 3.63) is 0 Å². The predicted octanol–water partition coefficient (Wildman–Crippen LogP) is 1.95. The fourth-order valence-electron chi connectivity index (χ4n) is 2.83. The maximum atomic E-state index is 5.67. The summed E-state index contributed by atoms with van der Waals surface area (Å²) in [4.78, 5) is 0. The molecule has 0 aromatic heterocycles. The van der Waals surface area contributed by atoms with Crippen LogP contribution in [-0.2, 0) is 4.74 Å². The molecule has 2 aliphatic rings. The first-order valence-corrected chi connectivity index (χ1v) is 5.67. The normalized spacial score (nSPS) is 39.9. The van der Waals surface area contributed by atoms with Crippen molar-refractivity contribution < 1.29 is 4.74 Å². The van der Waals surface area contributed by atoms with Crippen molar-refractivity contribution in [2.24, 2.45) is 5.41 Å². The zero-order valence-electron chi connectivity index (χ0n) is 8.64. The van der Waals surface area contributed by atoms with E-state index in [-0.39, 0.29) is 0 Å². The standard InChI is InChI=1S/C11H21NO/c1-2-13-10-3-5-11(6-4-10)7-8-12-9-11/h10,12H,2-9H2,1H3. The Bertz CT molecular complexity index is 153. The second-order valence-electron chi connectivity index (χ2n) is 4.58. The number of hydrogen-bond donors (Lipinski definition) is 1. The van der Waals surface area contributed by atoms with Crippen LogP contribution in [0.4, 0.5) is 0 Å². The van der Waals surface area contributed by atoms with Gasteiger partial charge in [0.05, 0.1) is 6.10 Å². The van der Waals surface area contributed by atoms with Crippen LogP contribution in [0.25, 0.3) is 0 Å². The van der Waals surface area contributed by atoms with Crippen molar-refractivity contribution in [3.8, 4) is 0 Å². The Morgan fingerprint density at radius 1 is 1.31 bits per heavy atom. The summed E-state index contributed by atoms with van der Waals surface area (Å²) in [5.74, 6) is 0. The molecule has 0 radical (unpaired) electrons. The molecule has 13 heavy (non-hydrogen) atoms. The van der Waals surface area contributed by atoms with Gasteiger partial charge < -0.3 is 10.1 Å². The first-order valence-electron chi connectivity index (χ1n) is 5.67. The summed E-state index contributed by atoms with van der Waals surface area (Å²) in [5, 5.41) is 3.49. The number of nitrogens with one attached hydrogen (secondary N) is 1. The van der Waals surface area contributed by atoms with Gasteiger partial charge in [-0.2, -0.15) is 0 Å². The lowest BCUT2D eigenvalue weighted by Gasteiger charge is -2.36. The van der Waals surface area contributed by atoms with E-state index >= 15 is 0 Å². The summed E-state index contributed by atoms with van der Waals surface area (Å²) in [6.45, 7) is 5.47. The third-order valence-electron chi connectivity index (χ3n) is 3.73. The minimum atomic E-state index is 0.566. The molecule has 2 heteroatoms. The van der Waals surface area contributed by atoms with Gasteiger partial charge in [0.15, 0.2) is 0 Å². The van der Waals surface area contributed by atoms with Crippen molar-refractivity contribution in [2.75, 3.05) is 19.7 Å². The van der Waals surface area contributed by atoms with Gasteiger partial charge >= 0.3 is 0 Å². The molecule has 1 heterocycles. The molecule has 0 bridgehead atoms. The summed E-state index contributed by atoms with van der Waals surface area (Å²) in [7, 11) is 0. The van der Waals surface area contributed by atoms with Crippen molar-refractivity contribution in [2.45, 2.75) is 45.1 Å². The second-order valence-corrected chi connectivity index (χ2v) is 4.58. The Hall–Kier alpha value is -0.0800. The van der Waals surface area contributed by atoms with Gasteiger partial charge in [-0.05, 0) is 51.0 Å². The van der Waals surface area contributed by atoms with E-state index in [4.69, 9.17) is 4.74 Å². The zero-order chi connectivity index (χ0) is 9.15. The molecule has 1 saturated carbocycles. The van der Waals surface area contributed by atoms with Gasteiger partial charge in [0.25, 0.3) is 0 Å². The Kier molecular flexibility index (Phi) is 2.89. The van der Waals surface area contributed by atoms with Gasteiger partial charge in [-0.25, -0.2) is 0 Å². The van der Waals surface area contributed by atoms with Gasteiger partial charge in [0.2, 0.25) is 0 Å². The fourth-order valence-corrected chi connectivity index (χ4v) is 2.83. The van der Waals surface area contributed by atoms with Gasteiger partial charge in [0, 0.05) is 13.2 Å². The molecule has 1 aliphatic carbocycles. The van der Waals surface area contributed by atoms with Gasteiger partial charge in [-0.1, -0.05) is 0 Å². The van der Waals surface area contributed by atoms with Crippen LogP contribution in [0.3, 0.4) is 0 Å². The van der Waals surface area contributed by atoms with Crippen LogP contribution in [0.5, 0.6) is 0 Å². The molecule has 0 aromatic carbocycles. The maximum Gasteiger partial charge on any atom is 0.0575 e. The molecular formula is C11H21NO. The first kappa shape index (κ1) is 9.47.